The third kappa shape index (κ3) is 3.48. The first-order chi connectivity index (χ1) is 12.5. The standard InChI is InChI=1S/C19H18N2O4S/c1-11-6-4-5-7-14(11)21-19(23)20-12-8-9-15-13(10-12)16(24-2)17(26-15)18(22)25-3/h4-10H,1-3H3,(H2,20,21,23). The third-order valence-electron chi connectivity index (χ3n) is 3.87. The maximum Gasteiger partial charge on any atom is 0.351 e. The number of nitrogens with one attached hydrogen (secondary N) is 2. The molecule has 0 radical (unpaired) electrons. The molecule has 2 aromatic carbocycles. The van der Waals surface area contributed by atoms with Crippen molar-refractivity contribution >= 4 is 44.8 Å². The van der Waals surface area contributed by atoms with E-state index in [-0.39, 0.29) is 6.03 Å². The highest BCUT2D eigenvalue weighted by Gasteiger charge is 2.20. The fourth-order valence-corrected chi connectivity index (χ4v) is 3.65. The number of aryl methyl sites for hydroxylation is 1. The van der Waals surface area contributed by atoms with Crippen LogP contribution in [0.4, 0.5) is 16.2 Å². The van der Waals surface area contributed by atoms with Gasteiger partial charge < -0.3 is 20.1 Å². The molecule has 3 aromatic rings. The minimum Gasteiger partial charge on any atom is -0.494 e. The molecule has 0 aliphatic rings. The lowest BCUT2D eigenvalue weighted by atomic mass is 10.2. The van der Waals surface area contributed by atoms with Gasteiger partial charge >= 0.3 is 12.0 Å². The molecule has 6 nitrogen and oxygen atoms in total. The lowest BCUT2D eigenvalue weighted by Crippen LogP contribution is -2.19. The van der Waals surface area contributed by atoms with Gasteiger partial charge in [0, 0.05) is 21.5 Å². The molecule has 0 saturated carbocycles. The zero-order valence-electron chi connectivity index (χ0n) is 14.6. The van der Waals surface area contributed by atoms with E-state index in [1.165, 1.54) is 25.6 Å². The maximum atomic E-state index is 12.3. The van der Waals surface area contributed by atoms with E-state index in [2.05, 4.69) is 10.6 Å². The summed E-state index contributed by atoms with van der Waals surface area (Å²) in [5, 5.41) is 6.35. The summed E-state index contributed by atoms with van der Waals surface area (Å²) in [6, 6.07) is 12.6. The zero-order valence-corrected chi connectivity index (χ0v) is 15.4. The minimum absolute atomic E-state index is 0.346. The molecule has 2 N–H and O–H groups in total. The fourth-order valence-electron chi connectivity index (χ4n) is 2.58. The van der Waals surface area contributed by atoms with E-state index >= 15 is 0 Å². The first-order valence-electron chi connectivity index (χ1n) is 7.86. The molecule has 0 aliphatic carbocycles. The number of hydrogen-bond donors (Lipinski definition) is 2. The molecule has 0 unspecified atom stereocenters. The van der Waals surface area contributed by atoms with Crippen LogP contribution in [0.3, 0.4) is 0 Å². The number of esters is 1. The smallest absolute Gasteiger partial charge is 0.351 e. The van der Waals surface area contributed by atoms with Crippen LogP contribution in [0.15, 0.2) is 42.5 Å². The summed E-state index contributed by atoms with van der Waals surface area (Å²) in [5.74, 6) is -0.00494. The Bertz CT molecular complexity index is 981. The van der Waals surface area contributed by atoms with Gasteiger partial charge in [-0.2, -0.15) is 0 Å². The second-order valence-corrected chi connectivity index (χ2v) is 6.61. The van der Waals surface area contributed by atoms with Gasteiger partial charge in [0.15, 0.2) is 10.6 Å². The summed E-state index contributed by atoms with van der Waals surface area (Å²) in [7, 11) is 2.83. The number of hydrogen-bond acceptors (Lipinski definition) is 5. The number of amides is 2. The van der Waals surface area contributed by atoms with Gasteiger partial charge in [-0.3, -0.25) is 0 Å². The van der Waals surface area contributed by atoms with Crippen molar-refractivity contribution in [2.75, 3.05) is 24.9 Å². The van der Waals surface area contributed by atoms with Gasteiger partial charge in [-0.1, -0.05) is 18.2 Å². The van der Waals surface area contributed by atoms with Gasteiger partial charge in [0.1, 0.15) is 0 Å². The lowest BCUT2D eigenvalue weighted by Gasteiger charge is -2.10. The average Bonchev–Trinajstić information content (AvgIpc) is 3.00. The predicted octanol–water partition coefficient (Wildman–Crippen LogP) is 4.65. The topological polar surface area (TPSA) is 76.7 Å². The number of methoxy groups -OCH3 is 2. The van der Waals surface area contributed by atoms with E-state index in [9.17, 15) is 9.59 Å². The van der Waals surface area contributed by atoms with Gasteiger partial charge in [-0.15, -0.1) is 11.3 Å². The molecule has 1 aromatic heterocycles. The van der Waals surface area contributed by atoms with Crippen molar-refractivity contribution in [3.05, 3.63) is 52.9 Å². The first-order valence-corrected chi connectivity index (χ1v) is 8.67. The van der Waals surface area contributed by atoms with Crippen molar-refractivity contribution < 1.29 is 19.1 Å². The molecule has 0 spiro atoms. The number of ether oxygens (including phenoxy) is 2. The van der Waals surface area contributed by atoms with Gasteiger partial charge in [-0.25, -0.2) is 9.59 Å². The number of anilines is 2. The Labute approximate surface area is 154 Å². The van der Waals surface area contributed by atoms with Gasteiger partial charge in [0.2, 0.25) is 0 Å². The monoisotopic (exact) mass is 370 g/mol. The summed E-state index contributed by atoms with van der Waals surface area (Å²) < 4.78 is 11.0. The first kappa shape index (κ1) is 17.8. The van der Waals surface area contributed by atoms with Crippen molar-refractivity contribution in [1.82, 2.24) is 0 Å². The number of urea groups is 1. The molecule has 0 atom stereocenters. The van der Waals surface area contributed by atoms with E-state index < -0.39 is 5.97 Å². The van der Waals surface area contributed by atoms with E-state index in [4.69, 9.17) is 9.47 Å². The second kappa shape index (κ2) is 7.45. The van der Waals surface area contributed by atoms with Crippen molar-refractivity contribution in [2.24, 2.45) is 0 Å². The molecule has 0 saturated heterocycles. The molecule has 3 rings (SSSR count). The van der Waals surface area contributed by atoms with Crippen LogP contribution in [0.5, 0.6) is 5.75 Å². The van der Waals surface area contributed by atoms with Crippen LogP contribution in [0.25, 0.3) is 10.1 Å². The molecule has 0 fully saturated rings. The Balaban J connectivity index is 1.85. The van der Waals surface area contributed by atoms with Crippen molar-refractivity contribution in [2.45, 2.75) is 6.92 Å². The van der Waals surface area contributed by atoms with Crippen molar-refractivity contribution in [3.8, 4) is 5.75 Å². The highest BCUT2D eigenvalue weighted by atomic mass is 32.1. The fraction of sp³-hybridized carbons (Fsp3) is 0.158. The van der Waals surface area contributed by atoms with Gasteiger partial charge in [-0.05, 0) is 36.8 Å². The Morgan fingerprint density at radius 2 is 1.81 bits per heavy atom. The van der Waals surface area contributed by atoms with Crippen LogP contribution >= 0.6 is 11.3 Å². The Hall–Kier alpha value is -3.06. The number of rotatable bonds is 4. The summed E-state index contributed by atoms with van der Waals surface area (Å²) in [4.78, 5) is 24.5. The Kier molecular flexibility index (Phi) is 5.09. The molecule has 0 bridgehead atoms. The van der Waals surface area contributed by atoms with E-state index in [1.54, 1.807) is 12.1 Å². The van der Waals surface area contributed by atoms with Gasteiger partial charge in [0.25, 0.3) is 0 Å². The summed E-state index contributed by atoms with van der Waals surface area (Å²) >= 11 is 1.29. The molecular weight excluding hydrogens is 352 g/mol. The summed E-state index contributed by atoms with van der Waals surface area (Å²) in [6.45, 7) is 1.92. The van der Waals surface area contributed by atoms with E-state index in [0.29, 0.717) is 16.3 Å². The average molecular weight is 370 g/mol. The van der Waals surface area contributed by atoms with Crippen LogP contribution in [-0.4, -0.2) is 26.2 Å². The molecular formula is C19H18N2O4S. The Morgan fingerprint density at radius 3 is 2.50 bits per heavy atom. The quantitative estimate of drug-likeness (QED) is 0.656. The van der Waals surface area contributed by atoms with Crippen LogP contribution < -0.4 is 15.4 Å². The number of para-hydroxylation sites is 1. The molecule has 26 heavy (non-hydrogen) atoms. The van der Waals surface area contributed by atoms with Crippen molar-refractivity contribution in [1.29, 1.82) is 0 Å². The molecule has 134 valence electrons. The number of thiophene rings is 1. The molecule has 1 heterocycles. The molecule has 0 aliphatic heterocycles. The predicted molar refractivity (Wildman–Crippen MR) is 104 cm³/mol. The summed E-state index contributed by atoms with van der Waals surface area (Å²) in [6.07, 6.45) is 0. The molecule has 7 heteroatoms. The van der Waals surface area contributed by atoms with Crippen LogP contribution in [-0.2, 0) is 4.74 Å². The Morgan fingerprint density at radius 1 is 1.04 bits per heavy atom. The normalized spacial score (nSPS) is 10.4. The SMILES string of the molecule is COC(=O)c1sc2ccc(NC(=O)Nc3ccccc3C)cc2c1OC. The highest BCUT2D eigenvalue weighted by Crippen LogP contribution is 2.39. The van der Waals surface area contributed by atoms with E-state index in [1.807, 2.05) is 37.3 Å². The minimum atomic E-state index is -0.449. The maximum absolute atomic E-state index is 12.3. The van der Waals surface area contributed by atoms with Crippen LogP contribution in [0.1, 0.15) is 15.2 Å². The third-order valence-corrected chi connectivity index (χ3v) is 5.00. The summed E-state index contributed by atoms with van der Waals surface area (Å²) in [5.41, 5.74) is 2.31. The van der Waals surface area contributed by atoms with Crippen LogP contribution in [0.2, 0.25) is 0 Å². The van der Waals surface area contributed by atoms with E-state index in [0.717, 1.165) is 21.3 Å². The lowest BCUT2D eigenvalue weighted by molar-refractivity contribution is 0.0603. The van der Waals surface area contributed by atoms with Crippen molar-refractivity contribution in [3.63, 3.8) is 0 Å². The number of carbonyl (C=O) groups excluding carboxylic acids is 2. The number of fused-ring (bicyclic) bond motifs is 1. The highest BCUT2D eigenvalue weighted by molar-refractivity contribution is 7.21. The number of benzene rings is 2. The van der Waals surface area contributed by atoms with Crippen LogP contribution in [0, 0.1) is 6.92 Å². The largest absolute Gasteiger partial charge is 0.494 e. The molecule has 2 amide bonds. The zero-order chi connectivity index (χ0) is 18.7. The number of carbonyl (C=O) groups is 2. The van der Waals surface area contributed by atoms with Gasteiger partial charge in [0.05, 0.1) is 14.2 Å². The second-order valence-electron chi connectivity index (χ2n) is 5.56.